The van der Waals surface area contributed by atoms with E-state index in [9.17, 15) is 4.79 Å². The van der Waals surface area contributed by atoms with Gasteiger partial charge >= 0.3 is 0 Å². The molecule has 1 amide bonds. The van der Waals surface area contributed by atoms with E-state index in [1.54, 1.807) is 24.5 Å². The highest BCUT2D eigenvalue weighted by molar-refractivity contribution is 5.77. The third-order valence-corrected chi connectivity index (χ3v) is 3.37. The third-order valence-electron chi connectivity index (χ3n) is 3.37. The predicted molar refractivity (Wildman–Crippen MR) is 76.9 cm³/mol. The van der Waals surface area contributed by atoms with Crippen LogP contribution >= 0.6 is 0 Å². The summed E-state index contributed by atoms with van der Waals surface area (Å²) in [7, 11) is 0. The van der Waals surface area contributed by atoms with Gasteiger partial charge in [-0.1, -0.05) is 0 Å². The van der Waals surface area contributed by atoms with Crippen molar-refractivity contribution in [1.29, 1.82) is 0 Å². The number of imidazole rings is 1. The van der Waals surface area contributed by atoms with Crippen LogP contribution in [0.25, 0.3) is 0 Å². The molecule has 0 bridgehead atoms. The first-order valence-electron chi connectivity index (χ1n) is 7.13. The molecule has 2 aromatic heterocycles. The molecule has 1 N–H and O–H groups in total. The Morgan fingerprint density at radius 3 is 3.10 bits per heavy atom. The van der Waals surface area contributed by atoms with E-state index in [0.717, 1.165) is 12.4 Å². The van der Waals surface area contributed by atoms with Crippen molar-refractivity contribution in [3.05, 3.63) is 42.7 Å². The van der Waals surface area contributed by atoms with E-state index in [1.807, 2.05) is 12.4 Å². The van der Waals surface area contributed by atoms with Crippen LogP contribution in [0.15, 0.2) is 36.9 Å². The van der Waals surface area contributed by atoms with Crippen LogP contribution in [0, 0.1) is 0 Å². The molecule has 1 fully saturated rings. The van der Waals surface area contributed by atoms with Crippen molar-refractivity contribution in [2.24, 2.45) is 0 Å². The van der Waals surface area contributed by atoms with Crippen molar-refractivity contribution in [3.63, 3.8) is 0 Å². The van der Waals surface area contributed by atoms with E-state index in [1.165, 1.54) is 12.8 Å². The molecule has 2 heterocycles. The number of ether oxygens (including phenoxy) is 1. The predicted octanol–water partition coefficient (Wildman–Crippen LogP) is 1.35. The lowest BCUT2D eigenvalue weighted by Crippen LogP contribution is -2.31. The van der Waals surface area contributed by atoms with Gasteiger partial charge in [0.2, 0.25) is 0 Å². The van der Waals surface area contributed by atoms with Crippen LogP contribution in [-0.4, -0.2) is 33.6 Å². The number of nitrogens with zero attached hydrogens (tertiary/aromatic N) is 3. The molecule has 6 heteroatoms. The van der Waals surface area contributed by atoms with Crippen molar-refractivity contribution >= 4 is 5.91 Å². The topological polar surface area (TPSA) is 69.0 Å². The molecule has 110 valence electrons. The summed E-state index contributed by atoms with van der Waals surface area (Å²) in [6.45, 7) is 1.32. The van der Waals surface area contributed by atoms with Gasteiger partial charge in [0.05, 0.1) is 6.20 Å². The van der Waals surface area contributed by atoms with Crippen LogP contribution in [0.2, 0.25) is 0 Å². The second-order valence-electron chi connectivity index (χ2n) is 5.08. The van der Waals surface area contributed by atoms with Crippen LogP contribution in [0.3, 0.4) is 0 Å². The highest BCUT2D eigenvalue weighted by Gasteiger charge is 2.27. The van der Waals surface area contributed by atoms with E-state index in [4.69, 9.17) is 4.74 Å². The molecule has 0 radical (unpaired) electrons. The number of amides is 1. The molecule has 1 aliphatic carbocycles. The summed E-state index contributed by atoms with van der Waals surface area (Å²) in [5.74, 6) is 2.21. The van der Waals surface area contributed by atoms with Crippen LogP contribution < -0.4 is 10.1 Å². The number of aromatic nitrogens is 3. The average Bonchev–Trinajstić information content (AvgIpc) is 3.26. The summed E-state index contributed by atoms with van der Waals surface area (Å²) in [5, 5.41) is 2.84. The number of hydrogen-bond donors (Lipinski definition) is 1. The third kappa shape index (κ3) is 3.81. The van der Waals surface area contributed by atoms with Gasteiger partial charge in [-0.2, -0.15) is 0 Å². The summed E-state index contributed by atoms with van der Waals surface area (Å²) in [6.07, 6.45) is 9.48. The molecule has 1 saturated carbocycles. The Morgan fingerprint density at radius 1 is 1.43 bits per heavy atom. The van der Waals surface area contributed by atoms with Gasteiger partial charge in [0, 0.05) is 37.6 Å². The number of carbonyl (C=O) groups is 1. The Bertz CT molecular complexity index is 593. The van der Waals surface area contributed by atoms with Gasteiger partial charge in [-0.25, -0.2) is 4.98 Å². The Morgan fingerprint density at radius 2 is 2.33 bits per heavy atom. The van der Waals surface area contributed by atoms with Gasteiger partial charge < -0.3 is 14.6 Å². The highest BCUT2D eigenvalue weighted by Crippen LogP contribution is 2.38. The van der Waals surface area contributed by atoms with E-state index in [2.05, 4.69) is 19.9 Å². The van der Waals surface area contributed by atoms with Gasteiger partial charge in [0.15, 0.2) is 6.61 Å². The fraction of sp³-hybridized carbons (Fsp3) is 0.400. The summed E-state index contributed by atoms with van der Waals surface area (Å²) < 4.78 is 7.44. The first kappa shape index (κ1) is 13.6. The molecule has 0 unspecified atom stereocenters. The molecular weight excluding hydrogens is 268 g/mol. The minimum Gasteiger partial charge on any atom is -0.482 e. The fourth-order valence-electron chi connectivity index (χ4n) is 2.16. The molecule has 3 rings (SSSR count). The SMILES string of the molecule is O=C(COc1cccnc1)NCCn1ccnc1C1CC1. The fourth-order valence-corrected chi connectivity index (χ4v) is 2.16. The van der Waals surface area contributed by atoms with Crippen LogP contribution in [0.4, 0.5) is 0 Å². The van der Waals surface area contributed by atoms with Crippen molar-refractivity contribution in [2.75, 3.05) is 13.2 Å². The second kappa shape index (κ2) is 6.39. The summed E-state index contributed by atoms with van der Waals surface area (Å²) >= 11 is 0. The van der Waals surface area contributed by atoms with E-state index >= 15 is 0 Å². The van der Waals surface area contributed by atoms with Gasteiger partial charge in [0.1, 0.15) is 11.6 Å². The first-order chi connectivity index (χ1) is 10.3. The zero-order valence-electron chi connectivity index (χ0n) is 11.7. The van der Waals surface area contributed by atoms with Crippen molar-refractivity contribution in [2.45, 2.75) is 25.3 Å². The Kier molecular flexibility index (Phi) is 4.14. The van der Waals surface area contributed by atoms with Crippen molar-refractivity contribution in [1.82, 2.24) is 19.9 Å². The molecule has 1 aliphatic rings. The van der Waals surface area contributed by atoms with E-state index in [0.29, 0.717) is 18.2 Å². The average molecular weight is 286 g/mol. The molecule has 0 saturated heterocycles. The quantitative estimate of drug-likeness (QED) is 0.834. The molecule has 21 heavy (non-hydrogen) atoms. The Labute approximate surface area is 123 Å². The number of rotatable bonds is 7. The lowest BCUT2D eigenvalue weighted by molar-refractivity contribution is -0.123. The lowest BCUT2D eigenvalue weighted by atomic mass is 10.4. The number of pyridine rings is 1. The maximum Gasteiger partial charge on any atom is 0.258 e. The largest absolute Gasteiger partial charge is 0.482 e. The van der Waals surface area contributed by atoms with E-state index < -0.39 is 0 Å². The molecule has 0 spiro atoms. The number of nitrogens with one attached hydrogen (secondary N) is 1. The van der Waals surface area contributed by atoms with Crippen LogP contribution in [-0.2, 0) is 11.3 Å². The Balaban J connectivity index is 1.39. The lowest BCUT2D eigenvalue weighted by Gasteiger charge is -2.09. The van der Waals surface area contributed by atoms with Crippen molar-refractivity contribution in [3.8, 4) is 5.75 Å². The zero-order valence-corrected chi connectivity index (χ0v) is 11.7. The Hall–Kier alpha value is -2.37. The van der Waals surface area contributed by atoms with E-state index in [-0.39, 0.29) is 12.5 Å². The van der Waals surface area contributed by atoms with Crippen molar-refractivity contribution < 1.29 is 9.53 Å². The number of hydrogen-bond acceptors (Lipinski definition) is 4. The first-order valence-corrected chi connectivity index (χ1v) is 7.13. The standard InChI is InChI=1S/C15H18N4O2/c20-14(11-21-13-2-1-5-16-10-13)17-6-8-19-9-7-18-15(19)12-3-4-12/h1-2,5,7,9-10,12H,3-4,6,8,11H2,(H,17,20). The molecule has 0 aliphatic heterocycles. The summed E-state index contributed by atoms with van der Waals surface area (Å²) in [5.41, 5.74) is 0. The van der Waals surface area contributed by atoms with Gasteiger partial charge in [0.25, 0.3) is 5.91 Å². The second-order valence-corrected chi connectivity index (χ2v) is 5.08. The zero-order chi connectivity index (χ0) is 14.5. The summed E-state index contributed by atoms with van der Waals surface area (Å²) in [6, 6.07) is 3.54. The monoisotopic (exact) mass is 286 g/mol. The molecule has 0 aromatic carbocycles. The molecule has 2 aromatic rings. The normalized spacial score (nSPS) is 13.9. The van der Waals surface area contributed by atoms with Gasteiger partial charge in [-0.05, 0) is 25.0 Å². The van der Waals surface area contributed by atoms with Gasteiger partial charge in [-0.3, -0.25) is 9.78 Å². The minimum atomic E-state index is -0.132. The molecular formula is C15H18N4O2. The summed E-state index contributed by atoms with van der Waals surface area (Å²) in [4.78, 5) is 20.0. The van der Waals surface area contributed by atoms with Crippen LogP contribution in [0.5, 0.6) is 5.75 Å². The molecule has 6 nitrogen and oxygen atoms in total. The maximum atomic E-state index is 11.7. The highest BCUT2D eigenvalue weighted by atomic mass is 16.5. The smallest absolute Gasteiger partial charge is 0.258 e. The minimum absolute atomic E-state index is 0.00506. The van der Waals surface area contributed by atoms with Crippen LogP contribution in [0.1, 0.15) is 24.6 Å². The number of carbonyl (C=O) groups excluding carboxylic acids is 1. The van der Waals surface area contributed by atoms with Gasteiger partial charge in [-0.15, -0.1) is 0 Å². The molecule has 0 atom stereocenters. The maximum absolute atomic E-state index is 11.7.